The van der Waals surface area contributed by atoms with Gasteiger partial charge < -0.3 is 20.4 Å². The van der Waals surface area contributed by atoms with Gasteiger partial charge in [0.2, 0.25) is 11.8 Å². The molecule has 0 spiro atoms. The van der Waals surface area contributed by atoms with Crippen LogP contribution < -0.4 is 5.32 Å². The summed E-state index contributed by atoms with van der Waals surface area (Å²) in [5, 5.41) is 23.2. The van der Waals surface area contributed by atoms with Crippen molar-refractivity contribution in [1.29, 1.82) is 0 Å². The van der Waals surface area contributed by atoms with E-state index < -0.39 is 18.8 Å². The van der Waals surface area contributed by atoms with Crippen molar-refractivity contribution >= 4 is 11.8 Å². The van der Waals surface area contributed by atoms with Gasteiger partial charge in [0.15, 0.2) is 0 Å². The van der Waals surface area contributed by atoms with E-state index >= 15 is 0 Å². The number of amides is 2. The van der Waals surface area contributed by atoms with Crippen LogP contribution in [0.1, 0.15) is 66.7 Å². The maximum atomic E-state index is 12.7. The van der Waals surface area contributed by atoms with Crippen molar-refractivity contribution in [3.8, 4) is 0 Å². The van der Waals surface area contributed by atoms with Gasteiger partial charge in [-0.2, -0.15) is 0 Å². The first-order valence-corrected chi connectivity index (χ1v) is 10.5. The lowest BCUT2D eigenvalue weighted by Crippen LogP contribution is -2.51. The van der Waals surface area contributed by atoms with E-state index in [9.17, 15) is 19.8 Å². The smallest absolute Gasteiger partial charge is 0.247 e. The SMILES string of the molecule is CCCN(CCC)C(=O)[C@H](CO)NC(=O)CC1C2CCC(C)(C1O)C2(C)C. The molecule has 0 saturated heterocycles. The molecular formula is C21H38N2O4. The molecule has 0 heterocycles. The molecule has 6 nitrogen and oxygen atoms in total. The topological polar surface area (TPSA) is 89.9 Å². The molecule has 2 fully saturated rings. The van der Waals surface area contributed by atoms with E-state index in [-0.39, 0.29) is 35.0 Å². The van der Waals surface area contributed by atoms with E-state index in [1.807, 2.05) is 13.8 Å². The summed E-state index contributed by atoms with van der Waals surface area (Å²) < 4.78 is 0. The number of rotatable bonds is 9. The molecule has 0 aromatic carbocycles. The maximum absolute atomic E-state index is 12.7. The standard InChI is InChI=1S/C21H38N2O4/c1-6-10-23(11-7-2)19(27)16(13-24)22-17(25)12-14-15-8-9-21(5,18(14)26)20(15,3)4/h14-16,18,24,26H,6-13H2,1-5H3,(H,22,25)/t14?,15?,16-,18?,21?/m0/s1. The number of carbonyl (C=O) groups is 2. The number of aliphatic hydroxyl groups is 2. The lowest BCUT2D eigenvalue weighted by atomic mass is 9.70. The Labute approximate surface area is 163 Å². The summed E-state index contributed by atoms with van der Waals surface area (Å²) in [6.07, 6.45) is 3.39. The summed E-state index contributed by atoms with van der Waals surface area (Å²) >= 11 is 0. The molecule has 4 unspecified atom stereocenters. The molecule has 0 aromatic heterocycles. The number of aliphatic hydroxyl groups excluding tert-OH is 2. The fourth-order valence-corrected chi connectivity index (χ4v) is 5.53. The Kier molecular flexibility index (Phi) is 6.96. The van der Waals surface area contributed by atoms with Gasteiger partial charge >= 0.3 is 0 Å². The second kappa shape index (κ2) is 8.48. The average Bonchev–Trinajstić information content (AvgIpc) is 2.92. The lowest BCUT2D eigenvalue weighted by Gasteiger charge is -2.37. The minimum Gasteiger partial charge on any atom is -0.394 e. The van der Waals surface area contributed by atoms with Crippen LogP contribution in [0.25, 0.3) is 0 Å². The van der Waals surface area contributed by atoms with Gasteiger partial charge in [0.1, 0.15) is 6.04 Å². The number of nitrogens with one attached hydrogen (secondary N) is 1. The molecule has 2 aliphatic carbocycles. The monoisotopic (exact) mass is 382 g/mol. The highest BCUT2D eigenvalue weighted by molar-refractivity contribution is 5.88. The van der Waals surface area contributed by atoms with E-state index in [0.29, 0.717) is 19.0 Å². The maximum Gasteiger partial charge on any atom is 0.247 e. The molecule has 2 rings (SSSR count). The zero-order valence-electron chi connectivity index (χ0n) is 17.6. The quantitative estimate of drug-likeness (QED) is 0.568. The van der Waals surface area contributed by atoms with Gasteiger partial charge in [-0.15, -0.1) is 0 Å². The van der Waals surface area contributed by atoms with Crippen molar-refractivity contribution in [2.45, 2.75) is 78.9 Å². The first kappa shape index (κ1) is 22.2. The third kappa shape index (κ3) is 3.88. The number of carbonyl (C=O) groups excluding carboxylic acids is 2. The molecule has 5 atom stereocenters. The van der Waals surface area contributed by atoms with Crippen molar-refractivity contribution in [1.82, 2.24) is 10.2 Å². The largest absolute Gasteiger partial charge is 0.394 e. The predicted molar refractivity (Wildman–Crippen MR) is 105 cm³/mol. The van der Waals surface area contributed by atoms with Crippen molar-refractivity contribution in [3.63, 3.8) is 0 Å². The third-order valence-electron chi connectivity index (χ3n) is 7.48. The minimum absolute atomic E-state index is 0.00259. The molecule has 6 heteroatoms. The highest BCUT2D eigenvalue weighted by atomic mass is 16.3. The van der Waals surface area contributed by atoms with Crippen LogP contribution in [0.5, 0.6) is 0 Å². The van der Waals surface area contributed by atoms with E-state index in [1.165, 1.54) is 0 Å². The van der Waals surface area contributed by atoms with Crippen LogP contribution in [-0.2, 0) is 9.59 Å². The molecule has 2 amide bonds. The van der Waals surface area contributed by atoms with Gasteiger partial charge in [-0.25, -0.2) is 0 Å². The Morgan fingerprint density at radius 2 is 1.78 bits per heavy atom. The van der Waals surface area contributed by atoms with Gasteiger partial charge in [0.05, 0.1) is 12.7 Å². The Hall–Kier alpha value is -1.14. The molecule has 2 aliphatic rings. The van der Waals surface area contributed by atoms with E-state index in [0.717, 1.165) is 25.7 Å². The molecule has 27 heavy (non-hydrogen) atoms. The Bertz CT molecular complexity index is 544. The zero-order valence-corrected chi connectivity index (χ0v) is 17.6. The Balaban J connectivity index is 2.01. The van der Waals surface area contributed by atoms with E-state index in [1.54, 1.807) is 4.90 Å². The summed E-state index contributed by atoms with van der Waals surface area (Å²) in [5.41, 5.74) is -0.156. The van der Waals surface area contributed by atoms with Crippen LogP contribution in [0.15, 0.2) is 0 Å². The average molecular weight is 383 g/mol. The molecule has 0 radical (unpaired) electrons. The predicted octanol–water partition coefficient (Wildman–Crippen LogP) is 1.94. The Morgan fingerprint density at radius 1 is 1.19 bits per heavy atom. The van der Waals surface area contributed by atoms with Gasteiger partial charge in [-0.1, -0.05) is 34.6 Å². The number of nitrogens with zero attached hydrogens (tertiary/aromatic N) is 1. The van der Waals surface area contributed by atoms with Gasteiger partial charge in [0, 0.05) is 19.5 Å². The fraction of sp³-hybridized carbons (Fsp3) is 0.905. The number of fused-ring (bicyclic) bond motifs is 2. The fourth-order valence-electron chi connectivity index (χ4n) is 5.53. The molecule has 2 saturated carbocycles. The normalized spacial score (nSPS) is 32.3. The first-order valence-electron chi connectivity index (χ1n) is 10.5. The summed E-state index contributed by atoms with van der Waals surface area (Å²) in [6.45, 7) is 11.3. The van der Waals surface area contributed by atoms with Gasteiger partial charge in [-0.05, 0) is 48.3 Å². The number of hydrogen-bond donors (Lipinski definition) is 3. The molecule has 0 aromatic rings. The van der Waals surface area contributed by atoms with E-state index in [4.69, 9.17) is 0 Å². The lowest BCUT2D eigenvalue weighted by molar-refractivity contribution is -0.138. The van der Waals surface area contributed by atoms with Crippen LogP contribution in [0.4, 0.5) is 0 Å². The highest BCUT2D eigenvalue weighted by Gasteiger charge is 2.65. The second-order valence-corrected chi connectivity index (χ2v) is 9.23. The summed E-state index contributed by atoms with van der Waals surface area (Å²) in [5.74, 6) is -0.263. The van der Waals surface area contributed by atoms with Crippen LogP contribution >= 0.6 is 0 Å². The van der Waals surface area contributed by atoms with Crippen LogP contribution in [0.3, 0.4) is 0 Å². The molecule has 3 N–H and O–H groups in total. The summed E-state index contributed by atoms with van der Waals surface area (Å²) in [6, 6.07) is -0.907. The van der Waals surface area contributed by atoms with Gasteiger partial charge in [-0.3, -0.25) is 9.59 Å². The summed E-state index contributed by atoms with van der Waals surface area (Å²) in [7, 11) is 0. The van der Waals surface area contributed by atoms with Crippen LogP contribution in [0.2, 0.25) is 0 Å². The molecular weight excluding hydrogens is 344 g/mol. The molecule has 156 valence electrons. The van der Waals surface area contributed by atoms with Crippen molar-refractivity contribution in [2.75, 3.05) is 19.7 Å². The van der Waals surface area contributed by atoms with Crippen molar-refractivity contribution in [3.05, 3.63) is 0 Å². The molecule has 2 bridgehead atoms. The summed E-state index contributed by atoms with van der Waals surface area (Å²) in [4.78, 5) is 27.0. The molecule has 0 aliphatic heterocycles. The second-order valence-electron chi connectivity index (χ2n) is 9.23. The van der Waals surface area contributed by atoms with Crippen molar-refractivity contribution < 1.29 is 19.8 Å². The highest BCUT2D eigenvalue weighted by Crippen LogP contribution is 2.68. The van der Waals surface area contributed by atoms with Crippen molar-refractivity contribution in [2.24, 2.45) is 22.7 Å². The Morgan fingerprint density at radius 3 is 2.22 bits per heavy atom. The van der Waals surface area contributed by atoms with E-state index in [2.05, 4.69) is 26.1 Å². The minimum atomic E-state index is -0.907. The van der Waals surface area contributed by atoms with Crippen LogP contribution in [0, 0.1) is 22.7 Å². The first-order chi connectivity index (χ1) is 12.6. The van der Waals surface area contributed by atoms with Gasteiger partial charge in [0.25, 0.3) is 0 Å². The third-order valence-corrected chi connectivity index (χ3v) is 7.48. The number of hydrogen-bond acceptors (Lipinski definition) is 4. The zero-order chi connectivity index (χ0) is 20.4. The van der Waals surface area contributed by atoms with Crippen LogP contribution in [-0.4, -0.2) is 58.8 Å².